The van der Waals surface area contributed by atoms with Crippen LogP contribution < -0.4 is 0 Å². The van der Waals surface area contributed by atoms with Gasteiger partial charge in [0.1, 0.15) is 6.61 Å². The monoisotopic (exact) mass is 338 g/mol. The summed E-state index contributed by atoms with van der Waals surface area (Å²) in [7, 11) is 0. The highest BCUT2D eigenvalue weighted by molar-refractivity contribution is 7.99. The van der Waals surface area contributed by atoms with Gasteiger partial charge in [-0.2, -0.15) is 11.8 Å². The summed E-state index contributed by atoms with van der Waals surface area (Å²) in [6.45, 7) is 4.70. The smallest absolute Gasteiger partial charge is 0.305 e. The van der Waals surface area contributed by atoms with Crippen LogP contribution in [0.5, 0.6) is 0 Å². The molecular formula is C17H32F2O2S. The number of rotatable bonds is 15. The summed E-state index contributed by atoms with van der Waals surface area (Å²) in [5.74, 6) is 0.932. The molecule has 0 saturated heterocycles. The van der Waals surface area contributed by atoms with Gasteiger partial charge in [0.2, 0.25) is 6.43 Å². The van der Waals surface area contributed by atoms with E-state index in [2.05, 4.69) is 13.8 Å². The second-order valence-electron chi connectivity index (χ2n) is 5.66. The van der Waals surface area contributed by atoms with Gasteiger partial charge in [-0.25, -0.2) is 8.78 Å². The highest BCUT2D eigenvalue weighted by Crippen LogP contribution is 2.20. The third kappa shape index (κ3) is 14.6. The Kier molecular flexibility index (Phi) is 15.3. The zero-order valence-electron chi connectivity index (χ0n) is 14.1. The molecule has 0 fully saturated rings. The van der Waals surface area contributed by atoms with Crippen LogP contribution in [0.15, 0.2) is 0 Å². The van der Waals surface area contributed by atoms with Gasteiger partial charge in [-0.1, -0.05) is 39.5 Å². The third-order valence-electron chi connectivity index (χ3n) is 3.45. The van der Waals surface area contributed by atoms with Crippen LogP contribution in [0.3, 0.4) is 0 Å². The standard InChI is InChI=1S/C17H32F2O2S/c1-3-5-12-17(20)21-14-15(10-4-2)22-13-9-7-6-8-11-16(18)19/h15-16H,3-14H2,1-2H3. The summed E-state index contributed by atoms with van der Waals surface area (Å²) < 4.78 is 29.3. The zero-order valence-corrected chi connectivity index (χ0v) is 14.9. The van der Waals surface area contributed by atoms with Gasteiger partial charge >= 0.3 is 5.97 Å². The molecule has 0 radical (unpaired) electrons. The Balaban J connectivity index is 3.65. The van der Waals surface area contributed by atoms with Crippen molar-refractivity contribution in [1.82, 2.24) is 0 Å². The summed E-state index contributed by atoms with van der Waals surface area (Å²) in [6.07, 6.45) is 5.99. The van der Waals surface area contributed by atoms with Crippen LogP contribution in [0, 0.1) is 0 Å². The quantitative estimate of drug-likeness (QED) is 0.277. The molecule has 0 aliphatic carbocycles. The van der Waals surface area contributed by atoms with Crippen LogP contribution in [-0.2, 0) is 9.53 Å². The molecule has 0 aromatic carbocycles. The number of hydrogen-bond acceptors (Lipinski definition) is 3. The number of thioether (sulfide) groups is 1. The first-order chi connectivity index (χ1) is 10.6. The lowest BCUT2D eigenvalue weighted by Gasteiger charge is -2.16. The molecule has 0 N–H and O–H groups in total. The van der Waals surface area contributed by atoms with E-state index in [-0.39, 0.29) is 12.4 Å². The number of carbonyl (C=O) groups excluding carboxylic acids is 1. The number of ether oxygens (including phenoxy) is 1. The number of carbonyl (C=O) groups is 1. The lowest BCUT2D eigenvalue weighted by molar-refractivity contribution is -0.143. The topological polar surface area (TPSA) is 26.3 Å². The van der Waals surface area contributed by atoms with E-state index in [1.54, 1.807) is 0 Å². The number of halogens is 2. The lowest BCUT2D eigenvalue weighted by Crippen LogP contribution is -2.16. The molecule has 0 aliphatic rings. The molecule has 5 heteroatoms. The molecule has 1 atom stereocenters. The number of esters is 1. The van der Waals surface area contributed by atoms with Crippen LogP contribution in [0.25, 0.3) is 0 Å². The van der Waals surface area contributed by atoms with Crippen LogP contribution >= 0.6 is 11.8 Å². The van der Waals surface area contributed by atoms with E-state index in [1.807, 2.05) is 11.8 Å². The number of unbranched alkanes of at least 4 members (excludes halogenated alkanes) is 4. The molecule has 22 heavy (non-hydrogen) atoms. The van der Waals surface area contributed by atoms with E-state index in [9.17, 15) is 13.6 Å². The minimum absolute atomic E-state index is 0.0271. The second kappa shape index (κ2) is 15.6. The molecule has 0 spiro atoms. The van der Waals surface area contributed by atoms with Gasteiger partial charge in [0.05, 0.1) is 0 Å². The Morgan fingerprint density at radius 1 is 1.00 bits per heavy atom. The first kappa shape index (κ1) is 21.7. The van der Waals surface area contributed by atoms with Gasteiger partial charge in [0, 0.05) is 18.1 Å². The van der Waals surface area contributed by atoms with Gasteiger partial charge in [0.25, 0.3) is 0 Å². The average molecular weight is 339 g/mol. The van der Waals surface area contributed by atoms with E-state index in [0.717, 1.165) is 50.7 Å². The Morgan fingerprint density at radius 2 is 1.73 bits per heavy atom. The summed E-state index contributed by atoms with van der Waals surface area (Å²) in [5.41, 5.74) is 0. The highest BCUT2D eigenvalue weighted by Gasteiger charge is 2.11. The molecule has 0 saturated carbocycles. The molecule has 0 amide bonds. The fraction of sp³-hybridized carbons (Fsp3) is 0.941. The maximum atomic E-state index is 12.0. The van der Waals surface area contributed by atoms with E-state index >= 15 is 0 Å². The minimum Gasteiger partial charge on any atom is -0.464 e. The summed E-state index contributed by atoms with van der Waals surface area (Å²) in [5, 5.41) is 0.372. The molecule has 0 bridgehead atoms. The van der Waals surface area contributed by atoms with Crippen molar-refractivity contribution < 1.29 is 18.3 Å². The van der Waals surface area contributed by atoms with E-state index in [1.165, 1.54) is 0 Å². The van der Waals surface area contributed by atoms with Crippen LogP contribution in [0.1, 0.15) is 78.1 Å². The largest absolute Gasteiger partial charge is 0.464 e. The van der Waals surface area contributed by atoms with Crippen molar-refractivity contribution in [2.24, 2.45) is 0 Å². The van der Waals surface area contributed by atoms with E-state index < -0.39 is 6.43 Å². The maximum Gasteiger partial charge on any atom is 0.305 e. The number of hydrogen-bond donors (Lipinski definition) is 0. The normalized spacial score (nSPS) is 12.6. The van der Waals surface area contributed by atoms with Gasteiger partial charge in [-0.15, -0.1) is 0 Å². The van der Waals surface area contributed by atoms with Crippen LogP contribution in [-0.4, -0.2) is 30.0 Å². The highest BCUT2D eigenvalue weighted by atomic mass is 32.2. The summed E-state index contributed by atoms with van der Waals surface area (Å²) >= 11 is 1.85. The molecule has 0 heterocycles. The summed E-state index contributed by atoms with van der Waals surface area (Å²) in [6, 6.07) is 0. The molecule has 0 aromatic rings. The minimum atomic E-state index is -2.16. The van der Waals surface area contributed by atoms with E-state index in [4.69, 9.17) is 4.74 Å². The van der Waals surface area contributed by atoms with Crippen molar-refractivity contribution in [3.63, 3.8) is 0 Å². The summed E-state index contributed by atoms with van der Waals surface area (Å²) in [4.78, 5) is 11.5. The average Bonchev–Trinajstić information content (AvgIpc) is 2.49. The molecular weight excluding hydrogens is 306 g/mol. The van der Waals surface area contributed by atoms with Gasteiger partial charge in [-0.3, -0.25) is 4.79 Å². The maximum absolute atomic E-state index is 12.0. The molecule has 1 unspecified atom stereocenters. The van der Waals surface area contributed by atoms with Crippen molar-refractivity contribution in [2.45, 2.75) is 89.7 Å². The van der Waals surface area contributed by atoms with Crippen molar-refractivity contribution in [3.05, 3.63) is 0 Å². The SMILES string of the molecule is CCCCC(=O)OCC(CCC)SCCCCCCC(F)F. The number of alkyl halides is 2. The lowest BCUT2D eigenvalue weighted by atomic mass is 10.2. The molecule has 0 aromatic heterocycles. The van der Waals surface area contributed by atoms with Gasteiger partial charge in [-0.05, 0) is 31.4 Å². The molecule has 0 rings (SSSR count). The van der Waals surface area contributed by atoms with Crippen molar-refractivity contribution >= 4 is 17.7 Å². The zero-order chi connectivity index (χ0) is 16.6. The Bertz CT molecular complexity index is 263. The van der Waals surface area contributed by atoms with Crippen LogP contribution in [0.4, 0.5) is 8.78 Å². The first-order valence-electron chi connectivity index (χ1n) is 8.65. The van der Waals surface area contributed by atoms with E-state index in [0.29, 0.717) is 24.7 Å². The van der Waals surface area contributed by atoms with Crippen molar-refractivity contribution in [1.29, 1.82) is 0 Å². The molecule has 132 valence electrons. The molecule has 2 nitrogen and oxygen atoms in total. The first-order valence-corrected chi connectivity index (χ1v) is 9.70. The molecule has 0 aliphatic heterocycles. The van der Waals surface area contributed by atoms with Gasteiger partial charge < -0.3 is 4.74 Å². The Labute approximate surface area is 138 Å². The predicted molar refractivity (Wildman–Crippen MR) is 90.7 cm³/mol. The Hall–Kier alpha value is -0.320. The fourth-order valence-electron chi connectivity index (χ4n) is 2.12. The van der Waals surface area contributed by atoms with Crippen molar-refractivity contribution in [2.75, 3.05) is 12.4 Å². The van der Waals surface area contributed by atoms with Crippen molar-refractivity contribution in [3.8, 4) is 0 Å². The fourth-order valence-corrected chi connectivity index (χ4v) is 3.39. The third-order valence-corrected chi connectivity index (χ3v) is 4.81. The predicted octanol–water partition coefficient (Wildman–Crippen LogP) is 5.84. The van der Waals surface area contributed by atoms with Crippen LogP contribution in [0.2, 0.25) is 0 Å². The van der Waals surface area contributed by atoms with Gasteiger partial charge in [0.15, 0.2) is 0 Å². The second-order valence-corrected chi connectivity index (χ2v) is 7.07. The Morgan fingerprint density at radius 3 is 2.36 bits per heavy atom.